The van der Waals surface area contributed by atoms with Crippen LogP contribution < -0.4 is 5.32 Å². The number of ether oxygens (including phenoxy) is 1. The number of hydrogen-bond donors (Lipinski definition) is 1. The number of piperazine rings is 1. The lowest BCUT2D eigenvalue weighted by Crippen LogP contribution is -2.49. The third-order valence-electron chi connectivity index (χ3n) is 3.32. The lowest BCUT2D eigenvalue weighted by molar-refractivity contribution is 0.0193. The van der Waals surface area contributed by atoms with E-state index in [1.54, 1.807) is 4.90 Å². The number of rotatable bonds is 1. The summed E-state index contributed by atoms with van der Waals surface area (Å²) in [7, 11) is 1.92. The third-order valence-corrected chi connectivity index (χ3v) is 3.32. The van der Waals surface area contributed by atoms with Crippen LogP contribution in [-0.4, -0.2) is 46.0 Å². The first-order valence-electron chi connectivity index (χ1n) is 6.98. The number of hydrogen-bond acceptors (Lipinski definition) is 4. The average molecular weight is 280 g/mol. The second-order valence-corrected chi connectivity index (χ2v) is 6.27. The van der Waals surface area contributed by atoms with Crippen LogP contribution in [0.3, 0.4) is 0 Å². The summed E-state index contributed by atoms with van der Waals surface area (Å²) in [6.07, 6.45) is -0.253. The van der Waals surface area contributed by atoms with Crippen molar-refractivity contribution in [3.63, 3.8) is 0 Å². The molecule has 0 aromatic carbocycles. The van der Waals surface area contributed by atoms with Gasteiger partial charge in [0.15, 0.2) is 0 Å². The molecular weight excluding hydrogens is 256 g/mol. The maximum Gasteiger partial charge on any atom is 0.410 e. The highest BCUT2D eigenvalue weighted by atomic mass is 16.6. The highest BCUT2D eigenvalue weighted by Crippen LogP contribution is 2.19. The van der Waals surface area contributed by atoms with Gasteiger partial charge < -0.3 is 15.0 Å². The minimum absolute atomic E-state index is 0.0659. The second-order valence-electron chi connectivity index (χ2n) is 6.27. The van der Waals surface area contributed by atoms with Crippen molar-refractivity contribution < 1.29 is 9.53 Å². The van der Waals surface area contributed by atoms with Gasteiger partial charge in [-0.1, -0.05) is 0 Å². The quantitative estimate of drug-likeness (QED) is 0.849. The minimum atomic E-state index is -0.459. The van der Waals surface area contributed by atoms with Crippen molar-refractivity contribution in [3.05, 3.63) is 17.5 Å². The average Bonchev–Trinajstić information content (AvgIpc) is 2.68. The van der Waals surface area contributed by atoms with E-state index in [0.717, 1.165) is 17.9 Å². The summed E-state index contributed by atoms with van der Waals surface area (Å²) in [6.45, 7) is 9.67. The predicted octanol–water partition coefficient (Wildman–Crippen LogP) is 1.61. The fraction of sp³-hybridized carbons (Fsp3) is 0.714. The summed E-state index contributed by atoms with van der Waals surface area (Å²) in [5, 5.41) is 7.88. The van der Waals surface area contributed by atoms with Crippen molar-refractivity contribution in [1.29, 1.82) is 0 Å². The molecule has 6 nitrogen and oxygen atoms in total. The standard InChI is InChI=1S/C14H24N4O2/c1-10-8-11(16-17(10)5)12-9-18(7-6-15-12)13(19)20-14(2,3)4/h8,12,15H,6-7,9H2,1-5H3. The zero-order valence-corrected chi connectivity index (χ0v) is 12.9. The summed E-state index contributed by atoms with van der Waals surface area (Å²) < 4.78 is 7.27. The molecule has 2 heterocycles. The molecule has 1 aromatic heterocycles. The maximum atomic E-state index is 12.1. The fourth-order valence-electron chi connectivity index (χ4n) is 2.20. The molecule has 1 amide bonds. The smallest absolute Gasteiger partial charge is 0.410 e. The monoisotopic (exact) mass is 280 g/mol. The van der Waals surface area contributed by atoms with Crippen molar-refractivity contribution in [2.45, 2.75) is 39.3 Å². The van der Waals surface area contributed by atoms with Crippen LogP contribution in [0.15, 0.2) is 6.07 Å². The normalized spacial score (nSPS) is 20.1. The number of aryl methyl sites for hydroxylation is 2. The molecule has 112 valence electrons. The van der Waals surface area contributed by atoms with E-state index in [1.165, 1.54) is 0 Å². The summed E-state index contributed by atoms with van der Waals surface area (Å²) in [5.74, 6) is 0. The van der Waals surface area contributed by atoms with Gasteiger partial charge in [0.1, 0.15) is 5.60 Å². The van der Waals surface area contributed by atoms with Crippen LogP contribution >= 0.6 is 0 Å². The fourth-order valence-corrected chi connectivity index (χ4v) is 2.20. The van der Waals surface area contributed by atoms with Crippen molar-refractivity contribution >= 4 is 6.09 Å². The number of carbonyl (C=O) groups excluding carboxylic acids is 1. The molecule has 1 aromatic rings. The van der Waals surface area contributed by atoms with Crippen LogP contribution in [0.2, 0.25) is 0 Å². The molecule has 0 saturated carbocycles. The molecule has 0 bridgehead atoms. The molecule has 20 heavy (non-hydrogen) atoms. The highest BCUT2D eigenvalue weighted by Gasteiger charge is 2.29. The molecule has 1 atom stereocenters. The molecule has 1 fully saturated rings. The van der Waals surface area contributed by atoms with Crippen molar-refractivity contribution in [2.75, 3.05) is 19.6 Å². The summed E-state index contributed by atoms with van der Waals surface area (Å²) >= 11 is 0. The molecule has 2 rings (SSSR count). The van der Waals surface area contributed by atoms with E-state index in [9.17, 15) is 4.79 Å². The lowest BCUT2D eigenvalue weighted by atomic mass is 10.1. The molecule has 0 radical (unpaired) electrons. The first-order chi connectivity index (χ1) is 9.26. The molecule has 1 aliphatic rings. The van der Waals surface area contributed by atoms with E-state index < -0.39 is 5.60 Å². The molecule has 1 aliphatic heterocycles. The van der Waals surface area contributed by atoms with Gasteiger partial charge in [-0.05, 0) is 33.8 Å². The van der Waals surface area contributed by atoms with E-state index in [1.807, 2.05) is 39.4 Å². The highest BCUT2D eigenvalue weighted by molar-refractivity contribution is 5.68. The van der Waals surface area contributed by atoms with Crippen LogP contribution in [0.5, 0.6) is 0 Å². The van der Waals surface area contributed by atoms with Crippen molar-refractivity contribution in [3.8, 4) is 0 Å². The summed E-state index contributed by atoms with van der Waals surface area (Å²) in [4.78, 5) is 13.9. The first kappa shape index (κ1) is 14.8. The Bertz CT molecular complexity index is 470. The van der Waals surface area contributed by atoms with Gasteiger partial charge >= 0.3 is 6.09 Å². The Kier molecular flexibility index (Phi) is 4.04. The van der Waals surface area contributed by atoms with Gasteiger partial charge in [-0.15, -0.1) is 0 Å². The molecule has 0 spiro atoms. The maximum absolute atomic E-state index is 12.1. The van der Waals surface area contributed by atoms with Gasteiger partial charge in [0.05, 0.1) is 11.7 Å². The Morgan fingerprint density at radius 3 is 2.75 bits per heavy atom. The minimum Gasteiger partial charge on any atom is -0.444 e. The van der Waals surface area contributed by atoms with E-state index in [-0.39, 0.29) is 12.1 Å². The molecule has 1 N–H and O–H groups in total. The Morgan fingerprint density at radius 2 is 2.20 bits per heavy atom. The topological polar surface area (TPSA) is 59.4 Å². The Balaban J connectivity index is 2.03. The third kappa shape index (κ3) is 3.50. The molecule has 1 unspecified atom stereocenters. The summed E-state index contributed by atoms with van der Waals surface area (Å²) in [6, 6.07) is 2.12. The van der Waals surface area contributed by atoms with Gasteiger partial charge in [0.25, 0.3) is 0 Å². The Labute approximate surface area is 120 Å². The summed E-state index contributed by atoms with van der Waals surface area (Å²) in [5.41, 5.74) is 1.62. The number of nitrogens with one attached hydrogen (secondary N) is 1. The van der Waals surface area contributed by atoms with Crippen LogP contribution in [0.1, 0.15) is 38.2 Å². The Morgan fingerprint density at radius 1 is 1.50 bits per heavy atom. The number of carbonyl (C=O) groups is 1. The molecule has 6 heteroatoms. The van der Waals surface area contributed by atoms with Crippen LogP contribution in [0, 0.1) is 6.92 Å². The first-order valence-corrected chi connectivity index (χ1v) is 6.98. The second kappa shape index (κ2) is 5.44. The van der Waals surface area contributed by atoms with Crippen LogP contribution in [0.25, 0.3) is 0 Å². The number of aromatic nitrogens is 2. The van der Waals surface area contributed by atoms with Crippen molar-refractivity contribution in [2.24, 2.45) is 7.05 Å². The Hall–Kier alpha value is -1.56. The van der Waals surface area contributed by atoms with E-state index >= 15 is 0 Å². The molecule has 1 saturated heterocycles. The van der Waals surface area contributed by atoms with E-state index in [4.69, 9.17) is 4.74 Å². The van der Waals surface area contributed by atoms with E-state index in [0.29, 0.717) is 13.1 Å². The largest absolute Gasteiger partial charge is 0.444 e. The number of nitrogens with zero attached hydrogens (tertiary/aromatic N) is 3. The van der Waals surface area contributed by atoms with Crippen LogP contribution in [-0.2, 0) is 11.8 Å². The van der Waals surface area contributed by atoms with Gasteiger partial charge in [-0.2, -0.15) is 5.10 Å². The molecular formula is C14H24N4O2. The van der Waals surface area contributed by atoms with E-state index in [2.05, 4.69) is 16.5 Å². The molecule has 0 aliphatic carbocycles. The van der Waals surface area contributed by atoms with Gasteiger partial charge in [0, 0.05) is 32.4 Å². The van der Waals surface area contributed by atoms with Gasteiger partial charge in [-0.3, -0.25) is 4.68 Å². The van der Waals surface area contributed by atoms with Gasteiger partial charge in [0.2, 0.25) is 0 Å². The van der Waals surface area contributed by atoms with Crippen LogP contribution in [0.4, 0.5) is 4.79 Å². The predicted molar refractivity (Wildman–Crippen MR) is 76.5 cm³/mol. The van der Waals surface area contributed by atoms with Crippen molar-refractivity contribution in [1.82, 2.24) is 20.0 Å². The SMILES string of the molecule is Cc1cc(C2CN(C(=O)OC(C)(C)C)CCN2)nn1C. The lowest BCUT2D eigenvalue weighted by Gasteiger charge is -2.34. The zero-order chi connectivity index (χ0) is 14.9. The zero-order valence-electron chi connectivity index (χ0n) is 12.9. The van der Waals surface area contributed by atoms with Gasteiger partial charge in [-0.25, -0.2) is 4.79 Å². The number of amides is 1.